The van der Waals surface area contributed by atoms with E-state index in [0.29, 0.717) is 30.4 Å². The molecule has 2 fully saturated rings. The fourth-order valence-electron chi connectivity index (χ4n) is 2.62. The van der Waals surface area contributed by atoms with Gasteiger partial charge in [-0.05, 0) is 37.9 Å². The summed E-state index contributed by atoms with van der Waals surface area (Å²) >= 11 is 0. The van der Waals surface area contributed by atoms with Crippen LogP contribution >= 0.6 is 12.4 Å². The van der Waals surface area contributed by atoms with Crippen LogP contribution in [0.2, 0.25) is 0 Å². The molecule has 0 radical (unpaired) electrons. The summed E-state index contributed by atoms with van der Waals surface area (Å²) in [6.07, 6.45) is 2.98. The van der Waals surface area contributed by atoms with Crippen molar-refractivity contribution in [1.29, 1.82) is 0 Å². The maximum atomic E-state index is 12.5. The highest BCUT2D eigenvalue weighted by Crippen LogP contribution is 2.31. The van der Waals surface area contributed by atoms with Crippen molar-refractivity contribution in [2.45, 2.75) is 25.3 Å². The molecule has 126 valence electrons. The monoisotopic (exact) mass is 340 g/mol. The number of nitrogens with zero attached hydrogens (tertiary/aromatic N) is 2. The maximum Gasteiger partial charge on any atom is 0.293 e. The van der Waals surface area contributed by atoms with Gasteiger partial charge in [0.1, 0.15) is 5.69 Å². The zero-order valence-electron chi connectivity index (χ0n) is 12.8. The van der Waals surface area contributed by atoms with Gasteiger partial charge in [0.2, 0.25) is 0 Å². The molecule has 0 atom stereocenters. The highest BCUT2D eigenvalue weighted by atomic mass is 35.5. The second kappa shape index (κ2) is 7.61. The number of rotatable bonds is 4. The summed E-state index contributed by atoms with van der Waals surface area (Å²) in [5.41, 5.74) is 0.863. The number of carbonyl (C=O) groups is 1. The van der Waals surface area contributed by atoms with Gasteiger partial charge < -0.3 is 15.5 Å². The Hall–Kier alpha value is -1.86. The van der Waals surface area contributed by atoms with Crippen LogP contribution in [0.3, 0.4) is 0 Å². The Morgan fingerprint density at radius 1 is 1.30 bits per heavy atom. The second-order valence-corrected chi connectivity index (χ2v) is 5.80. The lowest BCUT2D eigenvalue weighted by atomic mass is 10.1. The summed E-state index contributed by atoms with van der Waals surface area (Å²) < 4.78 is 0. The molecule has 1 aliphatic carbocycles. The number of nitro groups is 1. The number of benzene rings is 1. The van der Waals surface area contributed by atoms with Gasteiger partial charge in [0.05, 0.1) is 4.92 Å². The van der Waals surface area contributed by atoms with E-state index in [1.165, 1.54) is 6.07 Å². The second-order valence-electron chi connectivity index (χ2n) is 5.80. The topological polar surface area (TPSA) is 87.5 Å². The van der Waals surface area contributed by atoms with Crippen LogP contribution in [0.1, 0.15) is 29.6 Å². The Balaban J connectivity index is 0.00000192. The molecular formula is C15H21ClN4O3. The SMILES string of the molecule is Cl.O=C(c1ccc(NC2CC2)c([N+](=O)[O-])c1)N1CCCNCC1. The van der Waals surface area contributed by atoms with Crippen molar-refractivity contribution in [3.63, 3.8) is 0 Å². The number of halogens is 1. The van der Waals surface area contributed by atoms with E-state index < -0.39 is 4.92 Å². The summed E-state index contributed by atoms with van der Waals surface area (Å²) in [6.45, 7) is 2.97. The Bertz CT molecular complexity index is 584. The van der Waals surface area contributed by atoms with E-state index in [0.717, 1.165) is 32.4 Å². The van der Waals surface area contributed by atoms with E-state index in [9.17, 15) is 14.9 Å². The maximum absolute atomic E-state index is 12.5. The molecule has 1 saturated carbocycles. The minimum Gasteiger partial charge on any atom is -0.377 e. The van der Waals surface area contributed by atoms with Crippen LogP contribution < -0.4 is 10.6 Å². The van der Waals surface area contributed by atoms with Gasteiger partial charge in [-0.15, -0.1) is 12.4 Å². The van der Waals surface area contributed by atoms with E-state index in [1.54, 1.807) is 17.0 Å². The average Bonchev–Trinajstić information content (AvgIpc) is 3.33. The minimum absolute atomic E-state index is 0. The van der Waals surface area contributed by atoms with Crippen LogP contribution in [0.4, 0.5) is 11.4 Å². The molecule has 1 saturated heterocycles. The first-order valence-corrected chi connectivity index (χ1v) is 7.70. The van der Waals surface area contributed by atoms with Crippen LogP contribution in [-0.2, 0) is 0 Å². The largest absolute Gasteiger partial charge is 0.377 e. The molecule has 0 aromatic heterocycles. The molecule has 1 aromatic rings. The summed E-state index contributed by atoms with van der Waals surface area (Å²) in [7, 11) is 0. The van der Waals surface area contributed by atoms with Crippen LogP contribution in [0.15, 0.2) is 18.2 Å². The molecule has 8 heteroatoms. The Labute approximate surface area is 141 Å². The number of hydrogen-bond donors (Lipinski definition) is 2. The number of amides is 1. The molecule has 1 heterocycles. The minimum atomic E-state index is -0.425. The first kappa shape index (κ1) is 17.5. The lowest BCUT2D eigenvalue weighted by molar-refractivity contribution is -0.384. The van der Waals surface area contributed by atoms with Crippen LogP contribution in [-0.4, -0.2) is 48.0 Å². The van der Waals surface area contributed by atoms with Gasteiger partial charge in [0.25, 0.3) is 11.6 Å². The number of nitro benzene ring substituents is 1. The van der Waals surface area contributed by atoms with Gasteiger partial charge in [-0.25, -0.2) is 0 Å². The van der Waals surface area contributed by atoms with Crippen LogP contribution in [0.5, 0.6) is 0 Å². The van der Waals surface area contributed by atoms with Crippen molar-refractivity contribution in [1.82, 2.24) is 10.2 Å². The van der Waals surface area contributed by atoms with Gasteiger partial charge >= 0.3 is 0 Å². The normalized spacial score (nSPS) is 17.8. The highest BCUT2D eigenvalue weighted by molar-refractivity contribution is 5.95. The summed E-state index contributed by atoms with van der Waals surface area (Å²) in [5, 5.41) is 17.6. The van der Waals surface area contributed by atoms with Gasteiger partial charge in [0.15, 0.2) is 0 Å². The van der Waals surface area contributed by atoms with Crippen molar-refractivity contribution in [3.05, 3.63) is 33.9 Å². The first-order chi connectivity index (χ1) is 10.6. The van der Waals surface area contributed by atoms with E-state index in [-0.39, 0.29) is 24.0 Å². The molecule has 1 aromatic carbocycles. The molecule has 0 spiro atoms. The molecule has 1 aliphatic heterocycles. The molecule has 0 bridgehead atoms. The number of hydrogen-bond acceptors (Lipinski definition) is 5. The average molecular weight is 341 g/mol. The lowest BCUT2D eigenvalue weighted by Gasteiger charge is -2.20. The molecule has 2 aliphatic rings. The number of nitrogens with one attached hydrogen (secondary N) is 2. The fourth-order valence-corrected chi connectivity index (χ4v) is 2.62. The third-order valence-corrected chi connectivity index (χ3v) is 4.01. The van der Waals surface area contributed by atoms with E-state index >= 15 is 0 Å². The number of anilines is 1. The molecule has 23 heavy (non-hydrogen) atoms. The molecular weight excluding hydrogens is 320 g/mol. The van der Waals surface area contributed by atoms with E-state index in [2.05, 4.69) is 10.6 Å². The smallest absolute Gasteiger partial charge is 0.293 e. The summed E-state index contributed by atoms with van der Waals surface area (Å²) in [6, 6.07) is 5.06. The highest BCUT2D eigenvalue weighted by Gasteiger charge is 2.26. The van der Waals surface area contributed by atoms with Crippen molar-refractivity contribution >= 4 is 29.7 Å². The van der Waals surface area contributed by atoms with E-state index in [4.69, 9.17) is 0 Å². The number of carbonyl (C=O) groups excluding carboxylic acids is 1. The molecule has 0 unspecified atom stereocenters. The predicted octanol–water partition coefficient (Wildman–Crippen LogP) is 2.03. The van der Waals surface area contributed by atoms with Crippen LogP contribution in [0.25, 0.3) is 0 Å². The zero-order chi connectivity index (χ0) is 15.5. The van der Waals surface area contributed by atoms with Gasteiger partial charge in [-0.1, -0.05) is 0 Å². The predicted molar refractivity (Wildman–Crippen MR) is 90.4 cm³/mol. The van der Waals surface area contributed by atoms with Gasteiger partial charge in [-0.3, -0.25) is 14.9 Å². The van der Waals surface area contributed by atoms with Crippen molar-refractivity contribution < 1.29 is 9.72 Å². The summed E-state index contributed by atoms with van der Waals surface area (Å²) in [4.78, 5) is 25.1. The third-order valence-electron chi connectivity index (χ3n) is 4.01. The van der Waals surface area contributed by atoms with Gasteiger partial charge in [-0.2, -0.15) is 0 Å². The lowest BCUT2D eigenvalue weighted by Crippen LogP contribution is -2.34. The van der Waals surface area contributed by atoms with Crippen LogP contribution in [0, 0.1) is 10.1 Å². The Morgan fingerprint density at radius 2 is 2.09 bits per heavy atom. The molecule has 3 rings (SSSR count). The Morgan fingerprint density at radius 3 is 2.78 bits per heavy atom. The van der Waals surface area contributed by atoms with Gasteiger partial charge in [0, 0.05) is 37.3 Å². The van der Waals surface area contributed by atoms with E-state index in [1.807, 2.05) is 0 Å². The fraction of sp³-hybridized carbons (Fsp3) is 0.533. The third kappa shape index (κ3) is 4.33. The summed E-state index contributed by atoms with van der Waals surface area (Å²) in [5.74, 6) is -0.134. The molecule has 1 amide bonds. The quantitative estimate of drug-likeness (QED) is 0.647. The van der Waals surface area contributed by atoms with Crippen molar-refractivity contribution in [2.75, 3.05) is 31.5 Å². The molecule has 2 N–H and O–H groups in total. The first-order valence-electron chi connectivity index (χ1n) is 7.70. The van der Waals surface area contributed by atoms with Crippen molar-refractivity contribution in [2.24, 2.45) is 0 Å². The zero-order valence-corrected chi connectivity index (χ0v) is 13.6. The Kier molecular flexibility index (Phi) is 5.79. The standard InChI is InChI=1S/C15H20N4O3.ClH/c20-15(18-8-1-6-16-7-9-18)11-2-5-13(17-12-3-4-12)14(10-11)19(21)22;/h2,5,10,12,16-17H,1,3-4,6-9H2;1H. The molecule has 7 nitrogen and oxygen atoms in total. The van der Waals surface area contributed by atoms with Crippen molar-refractivity contribution in [3.8, 4) is 0 Å².